The number of rotatable bonds is 6. The summed E-state index contributed by atoms with van der Waals surface area (Å²) in [6, 6.07) is 9.52. The first-order valence-electron chi connectivity index (χ1n) is 9.78. The van der Waals surface area contributed by atoms with Gasteiger partial charge in [0.1, 0.15) is 11.4 Å². The summed E-state index contributed by atoms with van der Waals surface area (Å²) in [5.74, 6) is 0.965. The van der Waals surface area contributed by atoms with E-state index in [-0.39, 0.29) is 18.1 Å². The minimum atomic E-state index is -0.140. The van der Waals surface area contributed by atoms with E-state index in [2.05, 4.69) is 20.6 Å². The van der Waals surface area contributed by atoms with Crippen LogP contribution in [0.15, 0.2) is 36.5 Å². The van der Waals surface area contributed by atoms with E-state index in [9.17, 15) is 4.79 Å². The third-order valence-corrected chi connectivity index (χ3v) is 4.57. The van der Waals surface area contributed by atoms with Crippen LogP contribution in [-0.4, -0.2) is 28.0 Å². The molecule has 1 aliphatic rings. The number of hydrogen-bond donors (Lipinski definition) is 2. The molecular formula is C21H28N4O2. The summed E-state index contributed by atoms with van der Waals surface area (Å²) in [5, 5.41) is 6.28. The summed E-state index contributed by atoms with van der Waals surface area (Å²) in [4.78, 5) is 21.2. The van der Waals surface area contributed by atoms with Crippen molar-refractivity contribution in [1.82, 2.24) is 15.3 Å². The maximum atomic E-state index is 12.6. The summed E-state index contributed by atoms with van der Waals surface area (Å²) in [7, 11) is 0. The Morgan fingerprint density at radius 2 is 1.85 bits per heavy atom. The van der Waals surface area contributed by atoms with Crippen LogP contribution in [0.25, 0.3) is 0 Å². The van der Waals surface area contributed by atoms with E-state index in [0.717, 1.165) is 24.3 Å². The lowest BCUT2D eigenvalue weighted by atomic mass is 10.1. The Labute approximate surface area is 160 Å². The first kappa shape index (κ1) is 19.1. The number of anilines is 2. The average molecular weight is 368 g/mol. The standard InChI is InChI=1S/C21H28N4O2/c1-15(2)27-19-12-8-7-11-17(19)24-21-22-14-13-18(25-21)20(26)23-16-9-5-3-4-6-10-16/h7-8,11-16H,3-6,9-10H2,1-2H3,(H,23,26)(H,22,24,25). The van der Waals surface area contributed by atoms with Gasteiger partial charge in [-0.2, -0.15) is 0 Å². The molecule has 1 fully saturated rings. The molecule has 0 spiro atoms. The molecule has 0 radical (unpaired) electrons. The first-order chi connectivity index (χ1) is 13.1. The Hall–Kier alpha value is -2.63. The van der Waals surface area contributed by atoms with Crippen LogP contribution < -0.4 is 15.4 Å². The van der Waals surface area contributed by atoms with Crippen LogP contribution in [0.3, 0.4) is 0 Å². The van der Waals surface area contributed by atoms with Gasteiger partial charge < -0.3 is 15.4 Å². The van der Waals surface area contributed by atoms with Crippen molar-refractivity contribution in [3.05, 3.63) is 42.2 Å². The second kappa shape index (κ2) is 9.35. The van der Waals surface area contributed by atoms with E-state index in [4.69, 9.17) is 4.74 Å². The Morgan fingerprint density at radius 3 is 2.59 bits per heavy atom. The molecule has 27 heavy (non-hydrogen) atoms. The van der Waals surface area contributed by atoms with E-state index in [0.29, 0.717) is 11.6 Å². The number of benzene rings is 1. The average Bonchev–Trinajstić information content (AvgIpc) is 2.92. The topological polar surface area (TPSA) is 76.1 Å². The second-order valence-corrected chi connectivity index (χ2v) is 7.22. The number of nitrogens with one attached hydrogen (secondary N) is 2. The molecule has 0 atom stereocenters. The predicted octanol–water partition coefficient (Wildman–Crippen LogP) is 4.46. The van der Waals surface area contributed by atoms with Crippen molar-refractivity contribution in [3.8, 4) is 5.75 Å². The Kier molecular flexibility index (Phi) is 6.63. The van der Waals surface area contributed by atoms with E-state index in [1.54, 1.807) is 12.3 Å². The molecule has 0 saturated heterocycles. The van der Waals surface area contributed by atoms with Crippen LogP contribution in [0.2, 0.25) is 0 Å². The van der Waals surface area contributed by atoms with Gasteiger partial charge in [-0.1, -0.05) is 37.8 Å². The van der Waals surface area contributed by atoms with Gasteiger partial charge in [-0.05, 0) is 44.9 Å². The highest BCUT2D eigenvalue weighted by Gasteiger charge is 2.17. The Balaban J connectivity index is 1.69. The van der Waals surface area contributed by atoms with Gasteiger partial charge in [0.2, 0.25) is 5.95 Å². The largest absolute Gasteiger partial charge is 0.489 e. The van der Waals surface area contributed by atoms with Crippen LogP contribution in [-0.2, 0) is 0 Å². The number of hydrogen-bond acceptors (Lipinski definition) is 5. The third-order valence-electron chi connectivity index (χ3n) is 4.57. The van der Waals surface area contributed by atoms with Gasteiger partial charge in [0, 0.05) is 12.2 Å². The lowest BCUT2D eigenvalue weighted by molar-refractivity contribution is 0.0928. The summed E-state index contributed by atoms with van der Waals surface area (Å²) in [6.07, 6.45) is 8.61. The van der Waals surface area contributed by atoms with Crippen molar-refractivity contribution in [2.24, 2.45) is 0 Å². The van der Waals surface area contributed by atoms with Gasteiger partial charge in [-0.25, -0.2) is 9.97 Å². The van der Waals surface area contributed by atoms with Crippen LogP contribution >= 0.6 is 0 Å². The van der Waals surface area contributed by atoms with Crippen LogP contribution in [0, 0.1) is 0 Å². The molecular weight excluding hydrogens is 340 g/mol. The lowest BCUT2D eigenvalue weighted by Crippen LogP contribution is -2.35. The zero-order valence-electron chi connectivity index (χ0n) is 16.1. The fraction of sp³-hybridized carbons (Fsp3) is 0.476. The molecule has 2 N–H and O–H groups in total. The van der Waals surface area contributed by atoms with Gasteiger partial charge in [-0.15, -0.1) is 0 Å². The monoisotopic (exact) mass is 368 g/mol. The molecule has 6 heteroatoms. The second-order valence-electron chi connectivity index (χ2n) is 7.22. The fourth-order valence-corrected chi connectivity index (χ4v) is 3.28. The van der Waals surface area contributed by atoms with Crippen molar-refractivity contribution in [1.29, 1.82) is 0 Å². The van der Waals surface area contributed by atoms with Gasteiger partial charge in [-0.3, -0.25) is 4.79 Å². The van der Waals surface area contributed by atoms with Crippen molar-refractivity contribution >= 4 is 17.5 Å². The smallest absolute Gasteiger partial charge is 0.270 e. The van der Waals surface area contributed by atoms with E-state index in [1.165, 1.54) is 25.7 Å². The summed E-state index contributed by atoms with van der Waals surface area (Å²) < 4.78 is 5.81. The quantitative estimate of drug-likeness (QED) is 0.736. The molecule has 1 heterocycles. The minimum absolute atomic E-state index is 0.0607. The lowest BCUT2D eigenvalue weighted by Gasteiger charge is -2.16. The van der Waals surface area contributed by atoms with Gasteiger partial charge >= 0.3 is 0 Å². The molecule has 1 aromatic carbocycles. The minimum Gasteiger partial charge on any atom is -0.489 e. The Morgan fingerprint density at radius 1 is 1.11 bits per heavy atom. The number of aromatic nitrogens is 2. The SMILES string of the molecule is CC(C)Oc1ccccc1Nc1nccc(C(=O)NC2CCCCCC2)n1. The van der Waals surface area contributed by atoms with Crippen LogP contribution in [0.1, 0.15) is 62.9 Å². The highest BCUT2D eigenvalue weighted by Crippen LogP contribution is 2.27. The molecule has 1 saturated carbocycles. The number of carbonyl (C=O) groups is 1. The van der Waals surface area contributed by atoms with Gasteiger partial charge in [0.25, 0.3) is 5.91 Å². The van der Waals surface area contributed by atoms with Crippen molar-refractivity contribution in [3.63, 3.8) is 0 Å². The van der Waals surface area contributed by atoms with Gasteiger partial charge in [0.15, 0.2) is 0 Å². The van der Waals surface area contributed by atoms with Crippen molar-refractivity contribution in [2.45, 2.75) is 64.5 Å². The normalized spacial score (nSPS) is 15.2. The number of para-hydroxylation sites is 2. The molecule has 144 valence electrons. The van der Waals surface area contributed by atoms with Gasteiger partial charge in [0.05, 0.1) is 11.8 Å². The molecule has 2 aromatic rings. The van der Waals surface area contributed by atoms with Crippen molar-refractivity contribution < 1.29 is 9.53 Å². The van der Waals surface area contributed by atoms with Crippen molar-refractivity contribution in [2.75, 3.05) is 5.32 Å². The zero-order valence-corrected chi connectivity index (χ0v) is 16.1. The van der Waals surface area contributed by atoms with E-state index in [1.807, 2.05) is 38.1 Å². The molecule has 1 aromatic heterocycles. The highest BCUT2D eigenvalue weighted by molar-refractivity contribution is 5.92. The molecule has 1 amide bonds. The number of nitrogens with zero attached hydrogens (tertiary/aromatic N) is 2. The fourth-order valence-electron chi connectivity index (χ4n) is 3.28. The van der Waals surface area contributed by atoms with E-state index >= 15 is 0 Å². The Bertz CT molecular complexity index is 755. The molecule has 6 nitrogen and oxygen atoms in total. The third kappa shape index (κ3) is 5.67. The summed E-state index contributed by atoms with van der Waals surface area (Å²) in [5.41, 5.74) is 1.14. The molecule has 1 aliphatic carbocycles. The summed E-state index contributed by atoms with van der Waals surface area (Å²) >= 11 is 0. The maximum Gasteiger partial charge on any atom is 0.270 e. The highest BCUT2D eigenvalue weighted by atomic mass is 16.5. The maximum absolute atomic E-state index is 12.6. The molecule has 0 bridgehead atoms. The molecule has 0 unspecified atom stereocenters. The predicted molar refractivity (Wildman–Crippen MR) is 106 cm³/mol. The number of carbonyl (C=O) groups excluding carboxylic acids is 1. The zero-order chi connectivity index (χ0) is 19.1. The first-order valence-corrected chi connectivity index (χ1v) is 9.78. The number of amides is 1. The number of ether oxygens (including phenoxy) is 1. The summed E-state index contributed by atoms with van der Waals surface area (Å²) in [6.45, 7) is 3.96. The van der Waals surface area contributed by atoms with Crippen LogP contribution in [0.4, 0.5) is 11.6 Å². The van der Waals surface area contributed by atoms with E-state index < -0.39 is 0 Å². The van der Waals surface area contributed by atoms with Crippen LogP contribution in [0.5, 0.6) is 5.75 Å². The molecule has 3 rings (SSSR count). The molecule has 0 aliphatic heterocycles.